The van der Waals surface area contributed by atoms with Crippen LogP contribution in [-0.4, -0.2) is 29.1 Å². The van der Waals surface area contributed by atoms with E-state index in [1.54, 1.807) is 0 Å². The molecule has 0 amide bonds. The van der Waals surface area contributed by atoms with Crippen LogP contribution in [0, 0.1) is 12.8 Å². The van der Waals surface area contributed by atoms with Crippen molar-refractivity contribution in [2.45, 2.75) is 52.1 Å². The van der Waals surface area contributed by atoms with Gasteiger partial charge in [0, 0.05) is 17.5 Å². The van der Waals surface area contributed by atoms with Crippen molar-refractivity contribution in [3.63, 3.8) is 0 Å². The van der Waals surface area contributed by atoms with E-state index in [0.717, 1.165) is 17.3 Å². The second-order valence-electron chi connectivity index (χ2n) is 5.84. The van der Waals surface area contributed by atoms with Crippen LogP contribution in [0.2, 0.25) is 0 Å². The zero-order valence-corrected chi connectivity index (χ0v) is 12.8. The summed E-state index contributed by atoms with van der Waals surface area (Å²) in [6, 6.07) is 2.49. The van der Waals surface area contributed by atoms with Crippen LogP contribution in [0.3, 0.4) is 0 Å². The van der Waals surface area contributed by atoms with Crippen molar-refractivity contribution in [1.29, 1.82) is 0 Å². The molecule has 4 heteroatoms. The molecule has 0 saturated heterocycles. The zero-order chi connectivity index (χ0) is 14.0. The van der Waals surface area contributed by atoms with E-state index in [0.29, 0.717) is 10.9 Å². The summed E-state index contributed by atoms with van der Waals surface area (Å²) in [6.07, 6.45) is 5.21. The molecule has 0 spiro atoms. The van der Waals surface area contributed by atoms with Gasteiger partial charge in [-0.05, 0) is 44.4 Å². The molecule has 0 aliphatic heterocycles. The van der Waals surface area contributed by atoms with Gasteiger partial charge in [0.1, 0.15) is 4.88 Å². The van der Waals surface area contributed by atoms with Crippen LogP contribution in [0.1, 0.15) is 52.7 Å². The molecule has 2 rings (SSSR count). The molecule has 1 aromatic rings. The van der Waals surface area contributed by atoms with E-state index in [4.69, 9.17) is 5.11 Å². The number of aryl methyl sites for hydroxylation is 1. The van der Waals surface area contributed by atoms with Crippen LogP contribution in [0.25, 0.3) is 0 Å². The maximum absolute atomic E-state index is 11.0. The summed E-state index contributed by atoms with van der Waals surface area (Å²) < 4.78 is 0. The van der Waals surface area contributed by atoms with Crippen LogP contribution < -0.4 is 0 Å². The highest BCUT2D eigenvalue weighted by Crippen LogP contribution is 2.29. The van der Waals surface area contributed by atoms with E-state index >= 15 is 0 Å². The molecule has 1 fully saturated rings. The molecule has 1 heterocycles. The van der Waals surface area contributed by atoms with Gasteiger partial charge in [0.25, 0.3) is 0 Å². The summed E-state index contributed by atoms with van der Waals surface area (Å²) in [4.78, 5) is 15.0. The van der Waals surface area contributed by atoms with Gasteiger partial charge in [-0.2, -0.15) is 0 Å². The molecular weight excluding hydrogens is 258 g/mol. The fourth-order valence-corrected chi connectivity index (χ4v) is 3.86. The van der Waals surface area contributed by atoms with Crippen LogP contribution in [-0.2, 0) is 6.54 Å². The highest BCUT2D eigenvalue weighted by atomic mass is 32.1. The lowest BCUT2D eigenvalue weighted by Gasteiger charge is -2.34. The molecule has 0 bridgehead atoms. The maximum Gasteiger partial charge on any atom is 0.345 e. The van der Waals surface area contributed by atoms with E-state index in [9.17, 15) is 4.79 Å². The van der Waals surface area contributed by atoms with Crippen molar-refractivity contribution in [3.8, 4) is 0 Å². The molecular formula is C15H23NO2S. The molecule has 106 valence electrons. The van der Waals surface area contributed by atoms with Gasteiger partial charge in [-0.25, -0.2) is 4.79 Å². The fraction of sp³-hybridized carbons (Fsp3) is 0.667. The van der Waals surface area contributed by atoms with Crippen LogP contribution >= 0.6 is 11.3 Å². The lowest BCUT2D eigenvalue weighted by atomic mass is 9.86. The second kappa shape index (κ2) is 6.06. The fourth-order valence-electron chi connectivity index (χ4n) is 2.98. The topological polar surface area (TPSA) is 40.5 Å². The van der Waals surface area contributed by atoms with Gasteiger partial charge in [0.05, 0.1) is 0 Å². The summed E-state index contributed by atoms with van der Waals surface area (Å²) >= 11 is 1.39. The van der Waals surface area contributed by atoms with Crippen molar-refractivity contribution < 1.29 is 9.90 Å². The SMILES string of the molecule is Cc1sc(C(=O)O)cc1CN(C)C1CCCC(C)C1. The predicted octanol–water partition coefficient (Wildman–Crippen LogP) is 3.77. The van der Waals surface area contributed by atoms with Crippen molar-refractivity contribution >= 4 is 17.3 Å². The Bertz CT molecular complexity index is 455. The average Bonchev–Trinajstić information content (AvgIpc) is 2.71. The molecule has 19 heavy (non-hydrogen) atoms. The number of carboxylic acids is 1. The molecule has 3 nitrogen and oxygen atoms in total. The van der Waals surface area contributed by atoms with Crippen molar-refractivity contribution in [3.05, 3.63) is 21.4 Å². The molecule has 2 atom stereocenters. The maximum atomic E-state index is 11.0. The largest absolute Gasteiger partial charge is 0.477 e. The van der Waals surface area contributed by atoms with E-state index in [2.05, 4.69) is 18.9 Å². The Hall–Kier alpha value is -0.870. The third kappa shape index (κ3) is 3.57. The molecule has 1 aliphatic rings. The molecule has 1 aliphatic carbocycles. The third-order valence-corrected chi connectivity index (χ3v) is 5.26. The Kier molecular flexibility index (Phi) is 4.63. The summed E-state index contributed by atoms with van der Waals surface area (Å²) in [5.74, 6) is 0.00708. The lowest BCUT2D eigenvalue weighted by molar-refractivity contribution is 0.0702. The summed E-state index contributed by atoms with van der Waals surface area (Å²) in [5.41, 5.74) is 1.17. The van der Waals surface area contributed by atoms with Gasteiger partial charge in [-0.15, -0.1) is 11.3 Å². The van der Waals surface area contributed by atoms with Gasteiger partial charge in [-0.1, -0.05) is 19.8 Å². The van der Waals surface area contributed by atoms with Gasteiger partial charge >= 0.3 is 5.97 Å². The first-order valence-corrected chi connectivity index (χ1v) is 7.82. The highest BCUT2D eigenvalue weighted by molar-refractivity contribution is 7.14. The number of hydrogen-bond acceptors (Lipinski definition) is 3. The van der Waals surface area contributed by atoms with E-state index < -0.39 is 5.97 Å². The highest BCUT2D eigenvalue weighted by Gasteiger charge is 2.23. The minimum absolute atomic E-state index is 0.456. The third-order valence-electron chi connectivity index (χ3n) is 4.18. The number of carboxylic acid groups (broad SMARTS) is 1. The Morgan fingerprint density at radius 1 is 1.53 bits per heavy atom. The van der Waals surface area contributed by atoms with Crippen molar-refractivity contribution in [1.82, 2.24) is 4.90 Å². The Morgan fingerprint density at radius 3 is 2.84 bits per heavy atom. The quantitative estimate of drug-likeness (QED) is 0.913. The van der Waals surface area contributed by atoms with E-state index in [-0.39, 0.29) is 0 Å². The van der Waals surface area contributed by atoms with Gasteiger partial charge in [0.2, 0.25) is 0 Å². The number of hydrogen-bond donors (Lipinski definition) is 1. The zero-order valence-electron chi connectivity index (χ0n) is 12.0. The molecule has 2 unspecified atom stereocenters. The summed E-state index contributed by atoms with van der Waals surface area (Å²) in [6.45, 7) is 5.22. The summed E-state index contributed by atoms with van der Waals surface area (Å²) in [7, 11) is 2.17. The molecule has 0 aromatic carbocycles. The van der Waals surface area contributed by atoms with Gasteiger partial charge in [0.15, 0.2) is 0 Å². The lowest BCUT2D eigenvalue weighted by Crippen LogP contribution is -2.35. The minimum Gasteiger partial charge on any atom is -0.477 e. The first-order chi connectivity index (χ1) is 8.97. The smallest absolute Gasteiger partial charge is 0.345 e. The van der Waals surface area contributed by atoms with E-state index in [1.807, 2.05) is 13.0 Å². The first kappa shape index (κ1) is 14.5. The number of carbonyl (C=O) groups is 1. The standard InChI is InChI=1S/C15H23NO2S/c1-10-5-4-6-13(7-10)16(3)9-12-8-14(15(17)18)19-11(12)2/h8,10,13H,4-7,9H2,1-3H3,(H,17,18). The Balaban J connectivity index is 2.01. The van der Waals surface area contributed by atoms with Crippen LogP contribution in [0.4, 0.5) is 0 Å². The molecule has 0 radical (unpaired) electrons. The van der Waals surface area contributed by atoms with Gasteiger partial charge < -0.3 is 5.11 Å². The van der Waals surface area contributed by atoms with Crippen LogP contribution in [0.5, 0.6) is 0 Å². The average molecular weight is 281 g/mol. The Labute approximate surface area is 119 Å². The van der Waals surface area contributed by atoms with Gasteiger partial charge in [-0.3, -0.25) is 4.90 Å². The monoisotopic (exact) mass is 281 g/mol. The Morgan fingerprint density at radius 2 is 2.26 bits per heavy atom. The molecule has 1 saturated carbocycles. The second-order valence-corrected chi connectivity index (χ2v) is 7.09. The number of rotatable bonds is 4. The normalized spacial score (nSPS) is 23.8. The summed E-state index contributed by atoms with van der Waals surface area (Å²) in [5, 5.41) is 9.04. The van der Waals surface area contributed by atoms with Crippen LogP contribution in [0.15, 0.2) is 6.07 Å². The van der Waals surface area contributed by atoms with Crippen molar-refractivity contribution in [2.75, 3.05) is 7.05 Å². The molecule has 1 aromatic heterocycles. The number of aromatic carboxylic acids is 1. The first-order valence-electron chi connectivity index (χ1n) is 7.00. The van der Waals surface area contributed by atoms with Crippen molar-refractivity contribution in [2.24, 2.45) is 5.92 Å². The number of thiophene rings is 1. The number of nitrogens with zero attached hydrogens (tertiary/aromatic N) is 1. The molecule has 1 N–H and O–H groups in total. The predicted molar refractivity (Wildman–Crippen MR) is 78.9 cm³/mol. The minimum atomic E-state index is -0.812. The van der Waals surface area contributed by atoms with E-state index in [1.165, 1.54) is 42.6 Å².